The van der Waals surface area contributed by atoms with Gasteiger partial charge in [0.05, 0.1) is 16.5 Å². The van der Waals surface area contributed by atoms with Crippen molar-refractivity contribution in [2.45, 2.75) is 13.5 Å². The average molecular weight is 342 g/mol. The zero-order valence-electron chi connectivity index (χ0n) is 14.4. The summed E-state index contributed by atoms with van der Waals surface area (Å²) in [6.07, 6.45) is 0. The second-order valence-corrected chi connectivity index (χ2v) is 6.21. The summed E-state index contributed by atoms with van der Waals surface area (Å²) in [6, 6.07) is 23.2. The van der Waals surface area contributed by atoms with Crippen molar-refractivity contribution in [3.8, 4) is 17.1 Å². The first-order chi connectivity index (χ1) is 12.7. The summed E-state index contributed by atoms with van der Waals surface area (Å²) in [4.78, 5) is 19.9. The van der Waals surface area contributed by atoms with E-state index in [0.29, 0.717) is 29.1 Å². The van der Waals surface area contributed by atoms with Crippen molar-refractivity contribution in [2.75, 3.05) is 0 Å². The summed E-state index contributed by atoms with van der Waals surface area (Å²) in [7, 11) is 0. The van der Waals surface area contributed by atoms with Gasteiger partial charge in [-0.15, -0.1) is 0 Å². The van der Waals surface area contributed by atoms with Crippen molar-refractivity contribution in [3.05, 3.63) is 94.3 Å². The number of nitrogens with one attached hydrogen (secondary N) is 1. The molecule has 1 aromatic heterocycles. The van der Waals surface area contributed by atoms with Crippen LogP contribution in [0.15, 0.2) is 77.6 Å². The predicted octanol–water partition coefficient (Wildman–Crippen LogP) is 4.48. The van der Waals surface area contributed by atoms with Gasteiger partial charge in [0.15, 0.2) is 0 Å². The van der Waals surface area contributed by atoms with Crippen molar-refractivity contribution in [2.24, 2.45) is 0 Å². The van der Waals surface area contributed by atoms with Gasteiger partial charge in [-0.05, 0) is 42.3 Å². The van der Waals surface area contributed by atoms with Gasteiger partial charge >= 0.3 is 0 Å². The van der Waals surface area contributed by atoms with E-state index in [1.54, 1.807) is 6.07 Å². The van der Waals surface area contributed by atoms with Crippen molar-refractivity contribution in [3.63, 3.8) is 0 Å². The maximum atomic E-state index is 12.4. The molecule has 0 spiro atoms. The largest absolute Gasteiger partial charge is 0.488 e. The lowest BCUT2D eigenvalue weighted by Crippen LogP contribution is -2.10. The molecule has 26 heavy (non-hydrogen) atoms. The Morgan fingerprint density at radius 3 is 2.58 bits per heavy atom. The van der Waals surface area contributed by atoms with Gasteiger partial charge in [0.2, 0.25) is 0 Å². The van der Waals surface area contributed by atoms with Crippen LogP contribution in [0.5, 0.6) is 5.75 Å². The van der Waals surface area contributed by atoms with Gasteiger partial charge in [-0.3, -0.25) is 4.79 Å². The molecule has 128 valence electrons. The molecule has 0 amide bonds. The minimum atomic E-state index is -0.153. The third kappa shape index (κ3) is 3.22. The number of benzene rings is 3. The number of fused-ring (bicyclic) bond motifs is 1. The van der Waals surface area contributed by atoms with Gasteiger partial charge in [-0.2, -0.15) is 0 Å². The van der Waals surface area contributed by atoms with Gasteiger partial charge in [-0.1, -0.05) is 48.5 Å². The molecule has 4 nitrogen and oxygen atoms in total. The van der Waals surface area contributed by atoms with Crippen LogP contribution in [-0.4, -0.2) is 9.97 Å². The Hall–Kier alpha value is -3.40. The van der Waals surface area contributed by atoms with E-state index < -0.39 is 0 Å². The fourth-order valence-electron chi connectivity index (χ4n) is 2.89. The minimum absolute atomic E-state index is 0.153. The Morgan fingerprint density at radius 1 is 0.962 bits per heavy atom. The number of H-pyrrole nitrogens is 1. The number of aromatic nitrogens is 2. The molecule has 0 aliphatic carbocycles. The van der Waals surface area contributed by atoms with Crippen LogP contribution in [0.2, 0.25) is 0 Å². The fraction of sp³-hybridized carbons (Fsp3) is 0.0909. The summed E-state index contributed by atoms with van der Waals surface area (Å²) in [6.45, 7) is 2.46. The molecule has 0 aliphatic rings. The molecule has 0 radical (unpaired) electrons. The average Bonchev–Trinajstić information content (AvgIpc) is 2.67. The van der Waals surface area contributed by atoms with Crippen molar-refractivity contribution >= 4 is 10.9 Å². The third-order valence-corrected chi connectivity index (χ3v) is 4.24. The van der Waals surface area contributed by atoms with Crippen LogP contribution in [0.1, 0.15) is 11.1 Å². The van der Waals surface area contributed by atoms with Gasteiger partial charge in [0, 0.05) is 0 Å². The van der Waals surface area contributed by atoms with E-state index in [2.05, 4.69) is 9.97 Å². The maximum Gasteiger partial charge on any atom is 0.259 e. The van der Waals surface area contributed by atoms with E-state index in [1.165, 1.54) is 0 Å². The Bertz CT molecular complexity index is 1120. The highest BCUT2D eigenvalue weighted by Crippen LogP contribution is 2.29. The highest BCUT2D eigenvalue weighted by molar-refractivity contribution is 5.80. The number of rotatable bonds is 4. The first-order valence-electron chi connectivity index (χ1n) is 8.47. The molecular formula is C22H18N2O2. The van der Waals surface area contributed by atoms with E-state index >= 15 is 0 Å². The molecule has 1 N–H and O–H groups in total. The van der Waals surface area contributed by atoms with Crippen LogP contribution in [-0.2, 0) is 6.61 Å². The second kappa shape index (κ2) is 6.84. The summed E-state index contributed by atoms with van der Waals surface area (Å²) < 4.78 is 6.05. The lowest BCUT2D eigenvalue weighted by atomic mass is 10.1. The lowest BCUT2D eigenvalue weighted by molar-refractivity contribution is 0.307. The Kier molecular flexibility index (Phi) is 4.23. The van der Waals surface area contributed by atoms with Crippen LogP contribution in [0, 0.1) is 6.92 Å². The summed E-state index contributed by atoms with van der Waals surface area (Å²) >= 11 is 0. The maximum absolute atomic E-state index is 12.4. The zero-order valence-corrected chi connectivity index (χ0v) is 14.4. The van der Waals surface area contributed by atoms with Crippen LogP contribution in [0.3, 0.4) is 0 Å². The first kappa shape index (κ1) is 16.1. The Morgan fingerprint density at radius 2 is 1.73 bits per heavy atom. The third-order valence-electron chi connectivity index (χ3n) is 4.24. The van der Waals surface area contributed by atoms with E-state index in [9.17, 15) is 4.79 Å². The standard InChI is InChI=1S/C22H18N2O2/c1-15-11-12-18(20(13-15)26-14-16-7-3-2-4-8-16)21-23-19-10-6-5-9-17(19)22(25)24-21/h2-13H,14H2,1H3,(H,23,24,25). The normalized spacial score (nSPS) is 10.8. The molecule has 0 saturated heterocycles. The number of aryl methyl sites for hydroxylation is 1. The number of ether oxygens (including phenoxy) is 1. The number of para-hydroxylation sites is 1. The molecule has 1 heterocycles. The van der Waals surface area contributed by atoms with E-state index in [-0.39, 0.29) is 5.56 Å². The highest BCUT2D eigenvalue weighted by atomic mass is 16.5. The first-order valence-corrected chi connectivity index (χ1v) is 8.47. The summed E-state index contributed by atoms with van der Waals surface area (Å²) in [5, 5.41) is 0.579. The summed E-state index contributed by atoms with van der Waals surface area (Å²) in [5.74, 6) is 1.21. The smallest absolute Gasteiger partial charge is 0.259 e. The Labute approximate surface area is 151 Å². The molecule has 0 atom stereocenters. The Balaban J connectivity index is 1.76. The van der Waals surface area contributed by atoms with Crippen molar-refractivity contribution < 1.29 is 4.74 Å². The van der Waals surface area contributed by atoms with Crippen LogP contribution >= 0.6 is 0 Å². The van der Waals surface area contributed by atoms with E-state index in [4.69, 9.17) is 4.74 Å². The quantitative estimate of drug-likeness (QED) is 0.595. The SMILES string of the molecule is Cc1ccc(-c2nc3ccccc3c(=O)[nH]2)c(OCc2ccccc2)c1. The van der Waals surface area contributed by atoms with E-state index in [1.807, 2.05) is 73.7 Å². The van der Waals surface area contributed by atoms with Crippen LogP contribution < -0.4 is 10.3 Å². The predicted molar refractivity (Wildman–Crippen MR) is 103 cm³/mol. The molecule has 0 fully saturated rings. The van der Waals surface area contributed by atoms with Crippen LogP contribution in [0.4, 0.5) is 0 Å². The van der Waals surface area contributed by atoms with Crippen molar-refractivity contribution in [1.29, 1.82) is 0 Å². The second-order valence-electron chi connectivity index (χ2n) is 6.21. The van der Waals surface area contributed by atoms with Gasteiger partial charge in [0.1, 0.15) is 18.2 Å². The molecule has 0 bridgehead atoms. The van der Waals surface area contributed by atoms with Gasteiger partial charge in [-0.25, -0.2) is 4.98 Å². The van der Waals surface area contributed by atoms with Gasteiger partial charge in [0.25, 0.3) is 5.56 Å². The van der Waals surface area contributed by atoms with Crippen molar-refractivity contribution in [1.82, 2.24) is 9.97 Å². The molecular weight excluding hydrogens is 324 g/mol. The highest BCUT2D eigenvalue weighted by Gasteiger charge is 2.12. The summed E-state index contributed by atoms with van der Waals surface area (Å²) in [5.41, 5.74) is 3.45. The number of hydrogen-bond donors (Lipinski definition) is 1. The zero-order chi connectivity index (χ0) is 17.9. The molecule has 0 unspecified atom stereocenters. The fourth-order valence-corrected chi connectivity index (χ4v) is 2.89. The molecule has 3 aromatic carbocycles. The van der Waals surface area contributed by atoms with Gasteiger partial charge < -0.3 is 9.72 Å². The number of aromatic amines is 1. The molecule has 0 saturated carbocycles. The van der Waals surface area contributed by atoms with Crippen LogP contribution in [0.25, 0.3) is 22.3 Å². The molecule has 4 rings (SSSR count). The molecule has 0 aliphatic heterocycles. The molecule has 4 heteroatoms. The molecule has 4 aromatic rings. The topological polar surface area (TPSA) is 55.0 Å². The number of hydrogen-bond acceptors (Lipinski definition) is 3. The number of nitrogens with zero attached hydrogens (tertiary/aromatic N) is 1. The monoisotopic (exact) mass is 342 g/mol. The lowest BCUT2D eigenvalue weighted by Gasteiger charge is -2.12. The minimum Gasteiger partial charge on any atom is -0.488 e. The van der Waals surface area contributed by atoms with E-state index in [0.717, 1.165) is 16.7 Å².